The molecule has 0 N–H and O–H groups in total. The number of rotatable bonds is 2. The zero-order valence-corrected chi connectivity index (χ0v) is 9.29. The van der Waals surface area contributed by atoms with Gasteiger partial charge < -0.3 is 4.74 Å². The third-order valence-electron chi connectivity index (χ3n) is 1.93. The minimum atomic E-state index is -0.225. The van der Waals surface area contributed by atoms with Crippen molar-refractivity contribution in [1.29, 1.82) is 0 Å². The van der Waals surface area contributed by atoms with Gasteiger partial charge in [-0.15, -0.1) is 24.0 Å². The lowest BCUT2D eigenvalue weighted by Crippen LogP contribution is -1.92. The predicted octanol–water partition coefficient (Wildman–Crippen LogP) is 3.73. The predicted molar refractivity (Wildman–Crippen MR) is 60.2 cm³/mol. The quantitative estimate of drug-likeness (QED) is 0.771. The summed E-state index contributed by atoms with van der Waals surface area (Å²) in [4.78, 5) is 0.586. The van der Waals surface area contributed by atoms with Crippen LogP contribution in [0.3, 0.4) is 0 Å². The van der Waals surface area contributed by atoms with Gasteiger partial charge in [0.1, 0.15) is 11.6 Å². The number of halogens is 1. The lowest BCUT2D eigenvalue weighted by Gasteiger charge is -2.06. The molecule has 0 fully saturated rings. The van der Waals surface area contributed by atoms with Crippen molar-refractivity contribution in [1.82, 2.24) is 0 Å². The van der Waals surface area contributed by atoms with Crippen LogP contribution < -0.4 is 4.74 Å². The van der Waals surface area contributed by atoms with Gasteiger partial charge in [-0.1, -0.05) is 0 Å². The largest absolute Gasteiger partial charge is 0.493 e. The van der Waals surface area contributed by atoms with Gasteiger partial charge in [0.15, 0.2) is 0 Å². The molecule has 0 spiro atoms. The Hall–Kier alpha value is -0.740. The number of benzene rings is 1. The Labute approximate surface area is 90.9 Å². The van der Waals surface area contributed by atoms with Crippen LogP contribution in [0.4, 0.5) is 4.39 Å². The van der Waals surface area contributed by atoms with E-state index in [1.807, 2.05) is 19.1 Å². The lowest BCUT2D eigenvalue weighted by atomic mass is 10.2. The normalized spacial score (nSPS) is 10.8. The summed E-state index contributed by atoms with van der Waals surface area (Å²) in [6.07, 6.45) is 0. The van der Waals surface area contributed by atoms with Crippen molar-refractivity contribution in [2.45, 2.75) is 11.8 Å². The second-order valence-electron chi connectivity index (χ2n) is 2.80. The van der Waals surface area contributed by atoms with E-state index in [9.17, 15) is 4.39 Å². The zero-order valence-electron chi connectivity index (χ0n) is 7.58. The number of ether oxygens (including phenoxy) is 1. The lowest BCUT2D eigenvalue weighted by molar-refractivity contribution is 0.333. The van der Waals surface area contributed by atoms with Crippen LogP contribution in [0.25, 0.3) is 10.1 Å². The Morgan fingerprint density at radius 1 is 1.50 bits per heavy atom. The highest BCUT2D eigenvalue weighted by Gasteiger charge is 2.10. The SMILES string of the molecule is CCOc1ccc2scc(F)c2c1S. The van der Waals surface area contributed by atoms with E-state index >= 15 is 0 Å². The van der Waals surface area contributed by atoms with Gasteiger partial charge in [-0.05, 0) is 19.1 Å². The minimum absolute atomic E-state index is 0.225. The highest BCUT2D eigenvalue weighted by Crippen LogP contribution is 2.36. The molecule has 1 aromatic heterocycles. The van der Waals surface area contributed by atoms with Crippen LogP contribution in [-0.4, -0.2) is 6.61 Å². The summed E-state index contributed by atoms with van der Waals surface area (Å²) in [7, 11) is 0. The van der Waals surface area contributed by atoms with Crippen molar-refractivity contribution in [3.8, 4) is 5.75 Å². The number of thiophene rings is 1. The van der Waals surface area contributed by atoms with Gasteiger partial charge >= 0.3 is 0 Å². The van der Waals surface area contributed by atoms with Crippen molar-refractivity contribution in [3.63, 3.8) is 0 Å². The van der Waals surface area contributed by atoms with Crippen molar-refractivity contribution in [2.75, 3.05) is 6.61 Å². The fourth-order valence-corrected chi connectivity index (χ4v) is 2.58. The fraction of sp³-hybridized carbons (Fsp3) is 0.200. The first-order valence-electron chi connectivity index (χ1n) is 4.25. The van der Waals surface area contributed by atoms with E-state index < -0.39 is 0 Å². The van der Waals surface area contributed by atoms with Crippen LogP contribution in [0.1, 0.15) is 6.92 Å². The van der Waals surface area contributed by atoms with Crippen LogP contribution in [0, 0.1) is 5.82 Å². The van der Waals surface area contributed by atoms with Crippen molar-refractivity contribution < 1.29 is 9.13 Å². The summed E-state index contributed by atoms with van der Waals surface area (Å²) in [5.41, 5.74) is 0. The molecule has 0 radical (unpaired) electrons. The molecule has 0 amide bonds. The molecule has 14 heavy (non-hydrogen) atoms. The van der Waals surface area contributed by atoms with Crippen molar-refractivity contribution in [3.05, 3.63) is 23.3 Å². The Morgan fingerprint density at radius 3 is 3.00 bits per heavy atom. The molecule has 0 unspecified atom stereocenters. The second kappa shape index (κ2) is 3.79. The smallest absolute Gasteiger partial charge is 0.142 e. The molecule has 0 aliphatic heterocycles. The summed E-state index contributed by atoms with van der Waals surface area (Å²) in [6.45, 7) is 2.45. The van der Waals surface area contributed by atoms with E-state index in [1.165, 1.54) is 16.7 Å². The van der Waals surface area contributed by atoms with Gasteiger partial charge in [0.05, 0.1) is 11.5 Å². The Kier molecular flexibility index (Phi) is 2.65. The molecule has 4 heteroatoms. The standard InChI is InChI=1S/C10H9FOS2/c1-2-12-7-3-4-8-9(10(7)13)6(11)5-14-8/h3-5,13H,2H2,1H3. The number of hydrogen-bond donors (Lipinski definition) is 1. The maximum Gasteiger partial charge on any atom is 0.142 e. The average Bonchev–Trinajstić information content (AvgIpc) is 2.54. The van der Waals surface area contributed by atoms with Gasteiger partial charge in [0, 0.05) is 15.5 Å². The molecule has 0 bridgehead atoms. The molecule has 0 atom stereocenters. The van der Waals surface area contributed by atoms with Crippen LogP contribution in [-0.2, 0) is 0 Å². The molecule has 0 aliphatic rings. The van der Waals surface area contributed by atoms with Crippen molar-refractivity contribution in [2.24, 2.45) is 0 Å². The maximum absolute atomic E-state index is 13.3. The molecule has 1 nitrogen and oxygen atoms in total. The molecule has 2 aromatic rings. The van der Waals surface area contributed by atoms with Crippen molar-refractivity contribution >= 4 is 34.1 Å². The Balaban J connectivity index is 2.66. The summed E-state index contributed by atoms with van der Waals surface area (Å²) >= 11 is 5.65. The first kappa shape index (κ1) is 9.80. The topological polar surface area (TPSA) is 9.23 Å². The van der Waals surface area contributed by atoms with Gasteiger partial charge in [-0.25, -0.2) is 4.39 Å². The van der Waals surface area contributed by atoms with Gasteiger partial charge in [-0.2, -0.15) is 0 Å². The van der Waals surface area contributed by atoms with E-state index in [0.29, 0.717) is 22.6 Å². The third kappa shape index (κ3) is 1.48. The first-order valence-corrected chi connectivity index (χ1v) is 5.58. The van der Waals surface area contributed by atoms with E-state index in [-0.39, 0.29) is 5.82 Å². The maximum atomic E-state index is 13.3. The first-order chi connectivity index (χ1) is 6.74. The summed E-state index contributed by atoms with van der Waals surface area (Å²) < 4.78 is 19.6. The second-order valence-corrected chi connectivity index (χ2v) is 4.16. The van der Waals surface area contributed by atoms with E-state index in [1.54, 1.807) is 0 Å². The van der Waals surface area contributed by atoms with Crippen LogP contribution in [0.15, 0.2) is 22.4 Å². The summed E-state index contributed by atoms with van der Waals surface area (Å²) in [5, 5.41) is 2.05. The van der Waals surface area contributed by atoms with Crippen LogP contribution in [0.5, 0.6) is 5.75 Å². The van der Waals surface area contributed by atoms with Gasteiger partial charge in [0.25, 0.3) is 0 Å². The third-order valence-corrected chi connectivity index (χ3v) is 3.29. The average molecular weight is 228 g/mol. The highest BCUT2D eigenvalue weighted by molar-refractivity contribution is 7.80. The molecule has 2 rings (SSSR count). The number of thiol groups is 1. The summed E-state index contributed by atoms with van der Waals surface area (Å²) in [5.74, 6) is 0.414. The van der Waals surface area contributed by atoms with Gasteiger partial charge in [0.2, 0.25) is 0 Å². The van der Waals surface area contributed by atoms with Gasteiger partial charge in [-0.3, -0.25) is 0 Å². The number of fused-ring (bicyclic) bond motifs is 1. The molecule has 74 valence electrons. The molecular weight excluding hydrogens is 219 g/mol. The van der Waals surface area contributed by atoms with E-state index in [2.05, 4.69) is 12.6 Å². The minimum Gasteiger partial charge on any atom is -0.493 e. The molecule has 0 saturated carbocycles. The zero-order chi connectivity index (χ0) is 10.1. The molecule has 1 aromatic carbocycles. The molecular formula is C10H9FOS2. The molecule has 0 saturated heterocycles. The Morgan fingerprint density at radius 2 is 2.29 bits per heavy atom. The Bertz CT molecular complexity index is 464. The van der Waals surface area contributed by atoms with E-state index in [4.69, 9.17) is 4.74 Å². The van der Waals surface area contributed by atoms with Crippen LogP contribution >= 0.6 is 24.0 Å². The van der Waals surface area contributed by atoms with E-state index in [0.717, 1.165) is 4.70 Å². The summed E-state index contributed by atoms with van der Waals surface area (Å²) in [6, 6.07) is 3.68. The highest BCUT2D eigenvalue weighted by atomic mass is 32.1. The fourth-order valence-electron chi connectivity index (χ4n) is 1.33. The molecule has 1 heterocycles. The molecule has 0 aliphatic carbocycles. The number of hydrogen-bond acceptors (Lipinski definition) is 3. The van der Waals surface area contributed by atoms with Crippen LogP contribution in [0.2, 0.25) is 0 Å². The monoisotopic (exact) mass is 228 g/mol.